The van der Waals surface area contributed by atoms with Gasteiger partial charge in [0.1, 0.15) is 0 Å². The van der Waals surface area contributed by atoms with Crippen LogP contribution in [0.25, 0.3) is 0 Å². The Hall–Kier alpha value is -0.970. The summed E-state index contributed by atoms with van der Waals surface area (Å²) in [6.45, 7) is 2.02. The monoisotopic (exact) mass is 96.0 g/mol. The fraction of sp³-hybridized carbons (Fsp3) is 0.400. The summed E-state index contributed by atoms with van der Waals surface area (Å²) in [5.41, 5.74) is 0.958. The molecular formula is C5H6NO+. The molecule has 0 aliphatic carbocycles. The molecule has 0 amide bonds. The van der Waals surface area contributed by atoms with E-state index in [0.29, 0.717) is 0 Å². The minimum absolute atomic E-state index is 0.924. The number of rotatable bonds is 1. The molecule has 0 saturated carbocycles. The first kappa shape index (κ1) is 4.20. The first-order valence-electron chi connectivity index (χ1n) is 2.24. The maximum absolute atomic E-state index is 4.57. The van der Waals surface area contributed by atoms with Crippen LogP contribution in [-0.4, -0.2) is 0 Å². The van der Waals surface area contributed by atoms with Gasteiger partial charge in [0.05, 0.1) is 6.42 Å². The zero-order valence-corrected chi connectivity index (χ0v) is 4.14. The molecule has 1 heterocycles. The molecule has 0 radical (unpaired) electrons. The third kappa shape index (κ3) is 0.716. The molecule has 36 valence electrons. The van der Waals surface area contributed by atoms with Crippen molar-refractivity contribution in [1.82, 2.24) is 0 Å². The molecule has 1 aromatic rings. The van der Waals surface area contributed by atoms with Crippen LogP contribution >= 0.6 is 0 Å². The van der Waals surface area contributed by atoms with Gasteiger partial charge in [0.2, 0.25) is 0 Å². The van der Waals surface area contributed by atoms with Crippen LogP contribution in [0.4, 0.5) is 0 Å². The Labute approximate surface area is 42.2 Å². The molecule has 7 heavy (non-hydrogen) atoms. The smallest absolute Gasteiger partial charge is 0.353 e. The van der Waals surface area contributed by atoms with E-state index >= 15 is 0 Å². The summed E-state index contributed by atoms with van der Waals surface area (Å²) in [6, 6.07) is 0. The third-order valence-corrected chi connectivity index (χ3v) is 0.799. The standard InChI is InChI=1S/C5H6NO/c1-2-5-3-7-4-6-5/h3H,2H2,1H3/q+1. The molecule has 2 nitrogen and oxygen atoms in total. The van der Waals surface area contributed by atoms with Crippen molar-refractivity contribution in [1.29, 1.82) is 0 Å². The molecular weight excluding hydrogens is 90.1 g/mol. The second kappa shape index (κ2) is 1.65. The van der Waals surface area contributed by atoms with E-state index in [9.17, 15) is 0 Å². The summed E-state index contributed by atoms with van der Waals surface area (Å²) in [4.78, 5) is 3.74. The Bertz CT molecular complexity index is 123. The lowest BCUT2D eigenvalue weighted by molar-refractivity contribution is -0.308. The summed E-state index contributed by atoms with van der Waals surface area (Å²) in [6.07, 6.45) is 4.88. The Morgan fingerprint density at radius 2 is 2.86 bits per heavy atom. The van der Waals surface area contributed by atoms with Crippen LogP contribution in [0.15, 0.2) is 10.7 Å². The van der Waals surface area contributed by atoms with E-state index in [0.717, 1.165) is 12.1 Å². The van der Waals surface area contributed by atoms with E-state index in [1.807, 2.05) is 6.92 Å². The minimum atomic E-state index is 0.924. The van der Waals surface area contributed by atoms with Crippen molar-refractivity contribution in [3.05, 3.63) is 18.4 Å². The lowest BCUT2D eigenvalue weighted by Gasteiger charge is -1.59. The Morgan fingerprint density at radius 3 is 3.14 bits per heavy atom. The zero-order chi connectivity index (χ0) is 5.11. The van der Waals surface area contributed by atoms with Crippen LogP contribution in [0.1, 0.15) is 12.6 Å². The van der Waals surface area contributed by atoms with Crippen LogP contribution in [0.5, 0.6) is 0 Å². The molecule has 1 aromatic heterocycles. The molecule has 0 spiro atoms. The Balaban J connectivity index is 2.76. The Kier molecular flexibility index (Phi) is 0.991. The van der Waals surface area contributed by atoms with Gasteiger partial charge in [0, 0.05) is 4.98 Å². The van der Waals surface area contributed by atoms with Crippen LogP contribution in [0, 0.1) is 6.39 Å². The van der Waals surface area contributed by atoms with E-state index < -0.39 is 0 Å². The summed E-state index contributed by atoms with van der Waals surface area (Å²) >= 11 is 0. The van der Waals surface area contributed by atoms with Crippen molar-refractivity contribution < 1.29 is 9.40 Å². The number of aromatic nitrogens is 1. The van der Waals surface area contributed by atoms with E-state index in [-0.39, 0.29) is 0 Å². The van der Waals surface area contributed by atoms with E-state index in [1.54, 1.807) is 6.26 Å². The predicted octanol–water partition coefficient (Wildman–Crippen LogP) is 0.242. The fourth-order valence-electron chi connectivity index (χ4n) is 0.368. The highest BCUT2D eigenvalue weighted by atomic mass is 16.3. The van der Waals surface area contributed by atoms with Gasteiger partial charge in [-0.3, -0.25) is 0 Å². The van der Waals surface area contributed by atoms with Gasteiger partial charge in [-0.2, -0.15) is 0 Å². The van der Waals surface area contributed by atoms with Gasteiger partial charge in [0.15, 0.2) is 6.26 Å². The van der Waals surface area contributed by atoms with Crippen LogP contribution < -0.4 is 4.98 Å². The molecule has 0 atom stereocenters. The van der Waals surface area contributed by atoms with Crippen molar-refractivity contribution in [2.75, 3.05) is 0 Å². The van der Waals surface area contributed by atoms with Crippen LogP contribution in [0.3, 0.4) is 0 Å². The van der Waals surface area contributed by atoms with Crippen molar-refractivity contribution in [2.24, 2.45) is 0 Å². The second-order valence-corrected chi connectivity index (χ2v) is 1.28. The van der Waals surface area contributed by atoms with Gasteiger partial charge in [-0.25, -0.2) is 0 Å². The highest BCUT2D eigenvalue weighted by molar-refractivity contribution is 4.77. The number of aryl methyl sites for hydroxylation is 1. The molecule has 1 rings (SSSR count). The normalized spacial score (nSPS) is 8.14. The van der Waals surface area contributed by atoms with E-state index in [2.05, 4.69) is 15.8 Å². The quantitative estimate of drug-likeness (QED) is 0.501. The van der Waals surface area contributed by atoms with Crippen molar-refractivity contribution >= 4 is 0 Å². The second-order valence-electron chi connectivity index (χ2n) is 1.28. The fourth-order valence-corrected chi connectivity index (χ4v) is 0.368. The van der Waals surface area contributed by atoms with Gasteiger partial charge in [-0.05, 0) is 0 Å². The number of hydrogen-bond donors (Lipinski definition) is 0. The lowest BCUT2D eigenvalue weighted by Crippen LogP contribution is -1.93. The molecule has 0 aliphatic rings. The number of hydrogen-bond acceptors (Lipinski definition) is 1. The average molecular weight is 96.1 g/mol. The summed E-state index contributed by atoms with van der Waals surface area (Å²) < 4.78 is 4.57. The zero-order valence-electron chi connectivity index (χ0n) is 4.14. The minimum Gasteiger partial charge on any atom is -0.353 e. The SMILES string of the molecule is CCc1coc#[n+]1. The van der Waals surface area contributed by atoms with Crippen LogP contribution in [0.2, 0.25) is 0 Å². The highest BCUT2D eigenvalue weighted by Crippen LogP contribution is 1.83. The molecule has 0 unspecified atom stereocenters. The first-order chi connectivity index (χ1) is 3.43. The molecule has 2 heteroatoms. The first-order valence-corrected chi connectivity index (χ1v) is 2.24. The average Bonchev–Trinajstić information content (AvgIpc) is 2.14. The maximum Gasteiger partial charge on any atom is 0.528 e. The topological polar surface area (TPSA) is 27.2 Å². The summed E-state index contributed by atoms with van der Waals surface area (Å²) in [5.74, 6) is 0. The van der Waals surface area contributed by atoms with Crippen molar-refractivity contribution in [3.63, 3.8) is 0 Å². The molecule has 0 aromatic carbocycles. The Morgan fingerprint density at radius 1 is 2.00 bits per heavy atom. The molecule has 0 N–H and O–H groups in total. The van der Waals surface area contributed by atoms with Gasteiger partial charge in [0.25, 0.3) is 0 Å². The highest BCUT2D eigenvalue weighted by Gasteiger charge is 1.99. The van der Waals surface area contributed by atoms with Crippen LogP contribution in [-0.2, 0) is 6.42 Å². The maximum atomic E-state index is 4.57. The molecule has 0 bridgehead atoms. The van der Waals surface area contributed by atoms with Crippen molar-refractivity contribution in [2.45, 2.75) is 13.3 Å². The van der Waals surface area contributed by atoms with E-state index in [4.69, 9.17) is 0 Å². The number of nitrogens with zero attached hydrogens (tertiary/aromatic N) is 1. The predicted molar refractivity (Wildman–Crippen MR) is 22.5 cm³/mol. The van der Waals surface area contributed by atoms with Gasteiger partial charge in [-0.1, -0.05) is 6.92 Å². The molecule has 0 saturated heterocycles. The summed E-state index contributed by atoms with van der Waals surface area (Å²) in [7, 11) is 0. The third-order valence-electron chi connectivity index (χ3n) is 0.799. The molecule has 0 aliphatic heterocycles. The van der Waals surface area contributed by atoms with Gasteiger partial charge >= 0.3 is 12.1 Å². The van der Waals surface area contributed by atoms with Crippen molar-refractivity contribution in [3.8, 4) is 0 Å². The van der Waals surface area contributed by atoms with E-state index in [1.165, 1.54) is 0 Å². The largest absolute Gasteiger partial charge is 0.528 e. The van der Waals surface area contributed by atoms with Gasteiger partial charge in [-0.15, -0.1) is 0 Å². The summed E-state index contributed by atoms with van der Waals surface area (Å²) in [5, 5.41) is 0. The van der Waals surface area contributed by atoms with Gasteiger partial charge < -0.3 is 4.42 Å². The lowest BCUT2D eigenvalue weighted by atomic mass is 10.4. The molecule has 0 fully saturated rings.